The van der Waals surface area contributed by atoms with Gasteiger partial charge in [0.1, 0.15) is 4.90 Å². The van der Waals surface area contributed by atoms with Crippen LogP contribution in [0.25, 0.3) is 0 Å². The SMILES string of the molecule is N#CCSc1ccccc1NC(=O)COC(=O)C1CCN(S(=O)(=O)c2cccnc2)CC1. The Bertz CT molecular complexity index is 1090. The van der Waals surface area contributed by atoms with Gasteiger partial charge >= 0.3 is 5.97 Å². The smallest absolute Gasteiger partial charge is 0.309 e. The van der Waals surface area contributed by atoms with Crippen LogP contribution in [0.1, 0.15) is 12.8 Å². The Morgan fingerprint density at radius 1 is 1.22 bits per heavy atom. The van der Waals surface area contributed by atoms with Gasteiger partial charge in [0, 0.05) is 30.4 Å². The predicted molar refractivity (Wildman–Crippen MR) is 118 cm³/mol. The summed E-state index contributed by atoms with van der Waals surface area (Å²) in [6.07, 6.45) is 3.42. The van der Waals surface area contributed by atoms with Crippen molar-refractivity contribution < 1.29 is 22.7 Å². The zero-order chi connectivity index (χ0) is 23.0. The average molecular weight is 475 g/mol. The average Bonchev–Trinajstić information content (AvgIpc) is 2.82. The maximum absolute atomic E-state index is 12.6. The van der Waals surface area contributed by atoms with E-state index in [0.29, 0.717) is 18.5 Å². The molecule has 2 heterocycles. The van der Waals surface area contributed by atoms with E-state index >= 15 is 0 Å². The van der Waals surface area contributed by atoms with Crippen LogP contribution in [0.5, 0.6) is 0 Å². The molecular weight excluding hydrogens is 452 g/mol. The maximum Gasteiger partial charge on any atom is 0.309 e. The van der Waals surface area contributed by atoms with E-state index in [9.17, 15) is 18.0 Å². The summed E-state index contributed by atoms with van der Waals surface area (Å²) in [5.41, 5.74) is 0.544. The predicted octanol–water partition coefficient (Wildman–Crippen LogP) is 2.28. The van der Waals surface area contributed by atoms with Crippen molar-refractivity contribution in [1.82, 2.24) is 9.29 Å². The van der Waals surface area contributed by atoms with Crippen molar-refractivity contribution in [2.45, 2.75) is 22.6 Å². The Balaban J connectivity index is 1.48. The molecule has 1 amide bonds. The molecule has 0 unspecified atom stereocenters. The van der Waals surface area contributed by atoms with Crippen molar-refractivity contribution in [2.75, 3.05) is 30.8 Å². The number of nitriles is 1. The molecule has 1 N–H and O–H groups in total. The van der Waals surface area contributed by atoms with E-state index in [1.165, 1.54) is 34.5 Å². The summed E-state index contributed by atoms with van der Waals surface area (Å²) in [7, 11) is -3.65. The number of amides is 1. The van der Waals surface area contributed by atoms with Crippen molar-refractivity contribution >= 4 is 39.3 Å². The third-order valence-electron chi connectivity index (χ3n) is 4.86. The van der Waals surface area contributed by atoms with Crippen LogP contribution in [0.4, 0.5) is 5.69 Å². The Morgan fingerprint density at radius 2 is 1.97 bits per heavy atom. The first-order chi connectivity index (χ1) is 15.4. The van der Waals surface area contributed by atoms with Crippen molar-refractivity contribution in [3.05, 3.63) is 48.8 Å². The highest BCUT2D eigenvalue weighted by molar-refractivity contribution is 7.99. The molecule has 0 saturated carbocycles. The zero-order valence-electron chi connectivity index (χ0n) is 17.1. The van der Waals surface area contributed by atoms with Gasteiger partial charge in [0.05, 0.1) is 23.4 Å². The Hall–Kier alpha value is -2.94. The number of carbonyl (C=O) groups is 2. The molecule has 0 radical (unpaired) electrons. The second-order valence-electron chi connectivity index (χ2n) is 6.97. The van der Waals surface area contributed by atoms with E-state index < -0.39 is 34.4 Å². The summed E-state index contributed by atoms with van der Waals surface area (Å²) < 4.78 is 31.8. The number of sulfonamides is 1. The topological polar surface area (TPSA) is 129 Å². The standard InChI is InChI=1S/C21H22N4O5S2/c22-9-13-31-19-6-2-1-5-18(19)24-20(26)15-30-21(27)16-7-11-25(12-8-16)32(28,29)17-4-3-10-23-14-17/h1-6,10,14,16H,7-8,11-13,15H2,(H,24,26). The number of nitrogens with one attached hydrogen (secondary N) is 1. The van der Waals surface area contributed by atoms with E-state index in [2.05, 4.69) is 10.3 Å². The highest BCUT2D eigenvalue weighted by atomic mass is 32.2. The molecular formula is C21H22N4O5S2. The van der Waals surface area contributed by atoms with Crippen LogP contribution in [0, 0.1) is 17.2 Å². The second kappa shape index (κ2) is 11.1. The number of thioether (sulfide) groups is 1. The zero-order valence-corrected chi connectivity index (χ0v) is 18.8. The molecule has 1 aromatic heterocycles. The number of hydrogen-bond donors (Lipinski definition) is 1. The summed E-state index contributed by atoms with van der Waals surface area (Å²) >= 11 is 1.30. The lowest BCUT2D eigenvalue weighted by Crippen LogP contribution is -2.41. The molecule has 11 heteroatoms. The third kappa shape index (κ3) is 6.06. The molecule has 0 spiro atoms. The van der Waals surface area contributed by atoms with Gasteiger partial charge in [-0.3, -0.25) is 14.6 Å². The number of aromatic nitrogens is 1. The van der Waals surface area contributed by atoms with Crippen LogP contribution in [0.3, 0.4) is 0 Å². The molecule has 1 aromatic carbocycles. The van der Waals surface area contributed by atoms with Gasteiger partial charge in [0.15, 0.2) is 6.61 Å². The maximum atomic E-state index is 12.6. The van der Waals surface area contributed by atoms with Crippen LogP contribution < -0.4 is 5.32 Å². The number of benzene rings is 1. The Kier molecular flexibility index (Phi) is 8.21. The molecule has 1 aliphatic rings. The van der Waals surface area contributed by atoms with E-state index in [1.807, 2.05) is 6.07 Å². The van der Waals surface area contributed by atoms with Crippen molar-refractivity contribution in [3.8, 4) is 6.07 Å². The fraction of sp³-hybridized carbons (Fsp3) is 0.333. The summed E-state index contributed by atoms with van der Waals surface area (Å²) in [5, 5.41) is 11.4. The molecule has 0 bridgehead atoms. The summed E-state index contributed by atoms with van der Waals surface area (Å²) in [4.78, 5) is 29.3. The van der Waals surface area contributed by atoms with E-state index in [4.69, 9.17) is 10.00 Å². The van der Waals surface area contributed by atoms with Gasteiger partial charge in [-0.15, -0.1) is 11.8 Å². The third-order valence-corrected chi connectivity index (χ3v) is 7.68. The molecule has 1 aliphatic heterocycles. The minimum absolute atomic E-state index is 0.117. The molecule has 0 aliphatic carbocycles. The van der Waals surface area contributed by atoms with E-state index in [1.54, 1.807) is 30.3 Å². The van der Waals surface area contributed by atoms with Gasteiger partial charge < -0.3 is 10.1 Å². The number of rotatable bonds is 8. The summed E-state index contributed by atoms with van der Waals surface area (Å²) in [5.74, 6) is -1.23. The number of para-hydroxylation sites is 1. The lowest BCUT2D eigenvalue weighted by Gasteiger charge is -2.29. The number of anilines is 1. The number of carbonyl (C=O) groups excluding carboxylic acids is 2. The Morgan fingerprint density at radius 3 is 2.66 bits per heavy atom. The van der Waals surface area contributed by atoms with Crippen molar-refractivity contribution in [3.63, 3.8) is 0 Å². The van der Waals surface area contributed by atoms with Crippen LogP contribution >= 0.6 is 11.8 Å². The van der Waals surface area contributed by atoms with Crippen molar-refractivity contribution in [2.24, 2.45) is 5.92 Å². The molecule has 1 saturated heterocycles. The minimum Gasteiger partial charge on any atom is -0.455 e. The van der Waals surface area contributed by atoms with Crippen LogP contribution in [0.15, 0.2) is 58.6 Å². The lowest BCUT2D eigenvalue weighted by atomic mass is 9.98. The highest BCUT2D eigenvalue weighted by Crippen LogP contribution is 2.27. The molecule has 9 nitrogen and oxygen atoms in total. The molecule has 1 fully saturated rings. The summed E-state index contributed by atoms with van der Waals surface area (Å²) in [6.45, 7) is -0.0658. The molecule has 168 valence electrons. The van der Waals surface area contributed by atoms with Crippen LogP contribution in [-0.2, 0) is 24.3 Å². The number of esters is 1. The van der Waals surface area contributed by atoms with Gasteiger partial charge in [-0.05, 0) is 37.1 Å². The van der Waals surface area contributed by atoms with Crippen molar-refractivity contribution in [1.29, 1.82) is 5.26 Å². The van der Waals surface area contributed by atoms with Gasteiger partial charge in [-0.25, -0.2) is 8.42 Å². The first-order valence-electron chi connectivity index (χ1n) is 9.87. The fourth-order valence-corrected chi connectivity index (χ4v) is 5.33. The second-order valence-corrected chi connectivity index (χ2v) is 9.92. The lowest BCUT2D eigenvalue weighted by molar-refractivity contribution is -0.152. The Labute approximate surface area is 190 Å². The highest BCUT2D eigenvalue weighted by Gasteiger charge is 2.33. The number of pyridine rings is 1. The minimum atomic E-state index is -3.65. The van der Waals surface area contributed by atoms with Gasteiger partial charge in [-0.2, -0.15) is 9.57 Å². The van der Waals surface area contributed by atoms with Gasteiger partial charge in [0.2, 0.25) is 10.0 Å². The quantitative estimate of drug-likeness (QED) is 0.456. The monoisotopic (exact) mass is 474 g/mol. The molecule has 32 heavy (non-hydrogen) atoms. The largest absolute Gasteiger partial charge is 0.455 e. The number of piperidine rings is 1. The first-order valence-corrected chi connectivity index (χ1v) is 12.3. The number of nitrogens with zero attached hydrogens (tertiary/aromatic N) is 3. The van der Waals surface area contributed by atoms with E-state index in [0.717, 1.165) is 4.90 Å². The van der Waals surface area contributed by atoms with Gasteiger partial charge in [0.25, 0.3) is 5.91 Å². The van der Waals surface area contributed by atoms with Gasteiger partial charge in [-0.1, -0.05) is 12.1 Å². The van der Waals surface area contributed by atoms with E-state index in [-0.39, 0.29) is 23.7 Å². The fourth-order valence-electron chi connectivity index (χ4n) is 3.23. The number of ether oxygens (including phenoxy) is 1. The normalized spacial score (nSPS) is 15.0. The number of hydrogen-bond acceptors (Lipinski definition) is 8. The first kappa shape index (κ1) is 23.7. The van der Waals surface area contributed by atoms with Crippen LogP contribution in [0.2, 0.25) is 0 Å². The molecule has 0 atom stereocenters. The summed E-state index contributed by atoms with van der Waals surface area (Å²) in [6, 6.07) is 12.1. The van der Waals surface area contributed by atoms with Crippen LogP contribution in [-0.4, -0.2) is 55.0 Å². The molecule has 3 rings (SSSR count). The molecule has 2 aromatic rings.